The Hall–Kier alpha value is -1.33. The minimum atomic E-state index is 0.0166. The highest BCUT2D eigenvalue weighted by Gasteiger charge is 2.43. The van der Waals surface area contributed by atoms with Gasteiger partial charge in [-0.15, -0.1) is 0 Å². The molecule has 5 heteroatoms. The van der Waals surface area contributed by atoms with Gasteiger partial charge in [-0.05, 0) is 37.3 Å². The van der Waals surface area contributed by atoms with Crippen molar-refractivity contribution in [2.24, 2.45) is 11.3 Å². The number of dihydropyridines is 1. The molecule has 4 aliphatic rings. The highest BCUT2D eigenvalue weighted by molar-refractivity contribution is 5.82. The molecule has 0 radical (unpaired) electrons. The molecule has 5 nitrogen and oxygen atoms in total. The molecule has 150 valence electrons. The van der Waals surface area contributed by atoms with E-state index in [1.165, 1.54) is 43.4 Å². The summed E-state index contributed by atoms with van der Waals surface area (Å²) < 4.78 is 0. The lowest BCUT2D eigenvalue weighted by Crippen LogP contribution is -2.52. The van der Waals surface area contributed by atoms with E-state index >= 15 is 0 Å². The summed E-state index contributed by atoms with van der Waals surface area (Å²) in [6, 6.07) is 0.846. The summed E-state index contributed by atoms with van der Waals surface area (Å²) in [7, 11) is 0. The first-order chi connectivity index (χ1) is 12.9. The van der Waals surface area contributed by atoms with Crippen molar-refractivity contribution >= 4 is 5.91 Å². The van der Waals surface area contributed by atoms with Gasteiger partial charge in [0.1, 0.15) is 0 Å². The molecule has 1 aliphatic carbocycles. The Kier molecular flexibility index (Phi) is 5.34. The van der Waals surface area contributed by atoms with E-state index in [1.807, 2.05) is 0 Å². The van der Waals surface area contributed by atoms with Crippen molar-refractivity contribution in [1.29, 1.82) is 0 Å². The normalized spacial score (nSPS) is 31.7. The average Bonchev–Trinajstić information content (AvgIpc) is 2.93. The van der Waals surface area contributed by atoms with Crippen LogP contribution < -0.4 is 10.6 Å². The van der Waals surface area contributed by atoms with Gasteiger partial charge < -0.3 is 15.5 Å². The van der Waals surface area contributed by atoms with Crippen LogP contribution >= 0.6 is 0 Å². The van der Waals surface area contributed by atoms with E-state index in [4.69, 9.17) is 0 Å². The van der Waals surface area contributed by atoms with E-state index in [1.54, 1.807) is 0 Å². The second-order valence-corrected chi connectivity index (χ2v) is 9.65. The third-order valence-electron chi connectivity index (χ3n) is 6.88. The average molecular weight is 373 g/mol. The minimum Gasteiger partial charge on any atom is -0.384 e. The van der Waals surface area contributed by atoms with Crippen molar-refractivity contribution in [3.05, 3.63) is 23.5 Å². The maximum atomic E-state index is 13.2. The van der Waals surface area contributed by atoms with Crippen molar-refractivity contribution < 1.29 is 4.79 Å². The van der Waals surface area contributed by atoms with Crippen LogP contribution in [-0.2, 0) is 4.79 Å². The number of allylic oxidation sites excluding steroid dienone is 1. The number of nitrogens with zero attached hydrogens (tertiary/aromatic N) is 2. The van der Waals surface area contributed by atoms with Crippen molar-refractivity contribution in [1.82, 2.24) is 20.4 Å². The molecule has 0 aromatic heterocycles. The van der Waals surface area contributed by atoms with Gasteiger partial charge in [0.15, 0.2) is 0 Å². The fourth-order valence-electron chi connectivity index (χ4n) is 5.32. The molecule has 3 aliphatic heterocycles. The monoisotopic (exact) mass is 372 g/mol. The number of piperazine rings is 1. The SMILES string of the molecule is C[C@@H]1CN(CC(=O)N2CC(C)(C)C3=CNC(C4CCCCC4)C=C32)CCN1. The fourth-order valence-corrected chi connectivity index (χ4v) is 5.32. The zero-order valence-corrected chi connectivity index (χ0v) is 17.3. The van der Waals surface area contributed by atoms with E-state index < -0.39 is 0 Å². The molecule has 2 saturated heterocycles. The first kappa shape index (κ1) is 19.0. The second kappa shape index (κ2) is 7.59. The zero-order chi connectivity index (χ0) is 19.0. The number of fused-ring (bicyclic) bond motifs is 1. The van der Waals surface area contributed by atoms with Crippen molar-refractivity contribution in [2.75, 3.05) is 32.7 Å². The highest BCUT2D eigenvalue weighted by atomic mass is 16.2. The molecule has 2 atom stereocenters. The largest absolute Gasteiger partial charge is 0.384 e. The topological polar surface area (TPSA) is 47.6 Å². The maximum absolute atomic E-state index is 13.2. The number of carbonyl (C=O) groups is 1. The lowest BCUT2D eigenvalue weighted by Gasteiger charge is -2.34. The lowest BCUT2D eigenvalue weighted by atomic mass is 9.80. The van der Waals surface area contributed by atoms with Gasteiger partial charge in [-0.25, -0.2) is 0 Å². The second-order valence-electron chi connectivity index (χ2n) is 9.65. The van der Waals surface area contributed by atoms with Gasteiger partial charge in [-0.3, -0.25) is 9.69 Å². The number of rotatable bonds is 3. The van der Waals surface area contributed by atoms with Crippen molar-refractivity contribution in [3.63, 3.8) is 0 Å². The highest BCUT2D eigenvalue weighted by Crippen LogP contribution is 2.44. The molecule has 0 aromatic rings. The fraction of sp³-hybridized carbons (Fsp3) is 0.773. The molecule has 1 unspecified atom stereocenters. The van der Waals surface area contributed by atoms with Crippen LogP contribution in [0, 0.1) is 11.3 Å². The molecule has 27 heavy (non-hydrogen) atoms. The third kappa shape index (κ3) is 3.95. The first-order valence-electron chi connectivity index (χ1n) is 10.9. The standard InChI is InChI=1S/C22H36N4O/c1-16-13-25(10-9-23-16)14-21(27)26-15-22(2,3)18-12-24-19(11-20(18)26)17-7-5-4-6-8-17/h11-12,16-17,19,23-24H,4-10,13-15H2,1-3H3/t16-,19?/m1/s1. The molecule has 0 aromatic carbocycles. The Labute approximate surface area is 164 Å². The van der Waals surface area contributed by atoms with Crippen LogP contribution in [0.1, 0.15) is 52.9 Å². The molecule has 0 bridgehead atoms. The summed E-state index contributed by atoms with van der Waals surface area (Å²) in [5.41, 5.74) is 2.50. The Balaban J connectivity index is 1.50. The Morgan fingerprint density at radius 1 is 1.26 bits per heavy atom. The number of amides is 1. The summed E-state index contributed by atoms with van der Waals surface area (Å²) in [4.78, 5) is 17.6. The van der Waals surface area contributed by atoms with E-state index in [2.05, 4.69) is 53.5 Å². The summed E-state index contributed by atoms with van der Waals surface area (Å²) in [6.07, 6.45) is 11.3. The molecule has 3 heterocycles. The summed E-state index contributed by atoms with van der Waals surface area (Å²) in [5.74, 6) is 0.967. The van der Waals surface area contributed by atoms with E-state index in [9.17, 15) is 4.79 Å². The number of hydrogen-bond acceptors (Lipinski definition) is 4. The molecule has 1 saturated carbocycles. The predicted molar refractivity (Wildman–Crippen MR) is 109 cm³/mol. The van der Waals surface area contributed by atoms with Crippen molar-refractivity contribution in [3.8, 4) is 0 Å². The Morgan fingerprint density at radius 2 is 2.04 bits per heavy atom. The maximum Gasteiger partial charge on any atom is 0.241 e. The molecule has 4 rings (SSSR count). The van der Waals surface area contributed by atoms with Gasteiger partial charge >= 0.3 is 0 Å². The van der Waals surface area contributed by atoms with Gasteiger partial charge in [0.2, 0.25) is 5.91 Å². The van der Waals surface area contributed by atoms with Gasteiger partial charge in [0, 0.05) is 55.6 Å². The zero-order valence-electron chi connectivity index (χ0n) is 17.3. The summed E-state index contributed by atoms with van der Waals surface area (Å²) in [6.45, 7) is 10.9. The van der Waals surface area contributed by atoms with Crippen LogP contribution in [0.5, 0.6) is 0 Å². The number of hydrogen-bond donors (Lipinski definition) is 2. The molecule has 0 spiro atoms. The van der Waals surface area contributed by atoms with Gasteiger partial charge in [-0.2, -0.15) is 0 Å². The van der Waals surface area contributed by atoms with E-state index in [-0.39, 0.29) is 11.3 Å². The van der Waals surface area contributed by atoms with Crippen LogP contribution in [0.15, 0.2) is 23.5 Å². The summed E-state index contributed by atoms with van der Waals surface area (Å²) in [5, 5.41) is 7.13. The number of nitrogens with one attached hydrogen (secondary N) is 2. The van der Waals surface area contributed by atoms with Gasteiger partial charge in [0.25, 0.3) is 0 Å². The van der Waals surface area contributed by atoms with E-state index in [0.717, 1.165) is 26.2 Å². The number of likely N-dealkylation sites (tertiary alicyclic amines) is 1. The predicted octanol–water partition coefficient (Wildman–Crippen LogP) is 2.47. The van der Waals surface area contributed by atoms with Crippen LogP contribution in [0.4, 0.5) is 0 Å². The summed E-state index contributed by atoms with van der Waals surface area (Å²) >= 11 is 0. The van der Waals surface area contributed by atoms with Gasteiger partial charge in [-0.1, -0.05) is 33.1 Å². The van der Waals surface area contributed by atoms with Crippen LogP contribution in [0.3, 0.4) is 0 Å². The van der Waals surface area contributed by atoms with Gasteiger partial charge in [0.05, 0.1) is 6.54 Å². The Morgan fingerprint density at radius 3 is 2.78 bits per heavy atom. The molecule has 2 N–H and O–H groups in total. The quantitative estimate of drug-likeness (QED) is 0.799. The molecule has 3 fully saturated rings. The minimum absolute atomic E-state index is 0.0166. The first-order valence-corrected chi connectivity index (χ1v) is 10.9. The van der Waals surface area contributed by atoms with Crippen molar-refractivity contribution in [2.45, 2.75) is 65.0 Å². The molecular weight excluding hydrogens is 336 g/mol. The Bertz CT molecular complexity index is 632. The third-order valence-corrected chi connectivity index (χ3v) is 6.88. The molecular formula is C22H36N4O. The lowest BCUT2D eigenvalue weighted by molar-refractivity contribution is -0.130. The number of carbonyl (C=O) groups excluding carboxylic acids is 1. The smallest absolute Gasteiger partial charge is 0.241 e. The van der Waals surface area contributed by atoms with Crippen LogP contribution in [0.25, 0.3) is 0 Å². The van der Waals surface area contributed by atoms with Crippen LogP contribution in [0.2, 0.25) is 0 Å². The molecule has 1 amide bonds. The van der Waals surface area contributed by atoms with E-state index in [0.29, 0.717) is 24.5 Å². The van der Waals surface area contributed by atoms with Crippen LogP contribution in [-0.4, -0.2) is 60.5 Å².